The van der Waals surface area contributed by atoms with Crippen LogP contribution < -0.4 is 10.2 Å². The Morgan fingerprint density at radius 3 is 2.30 bits per heavy atom. The van der Waals surface area contributed by atoms with Gasteiger partial charge in [-0.3, -0.25) is 4.79 Å². The van der Waals surface area contributed by atoms with Gasteiger partial charge in [-0.05, 0) is 35.4 Å². The Morgan fingerprint density at radius 2 is 1.63 bits per heavy atom. The molecule has 0 saturated carbocycles. The molecule has 7 heteroatoms. The summed E-state index contributed by atoms with van der Waals surface area (Å²) >= 11 is 5.82. The third-order valence-electron chi connectivity index (χ3n) is 4.50. The number of hydrogen-bond donors (Lipinski definition) is 0. The molecule has 0 bridgehead atoms. The molecule has 0 radical (unpaired) electrons. The Bertz CT molecular complexity index is 1250. The lowest BCUT2D eigenvalue weighted by atomic mass is 10.0. The molecule has 152 valence electrons. The molecule has 4 rings (SSSR count). The van der Waals surface area contributed by atoms with Gasteiger partial charge in [0.2, 0.25) is 11.2 Å². The number of halogens is 4. The molecule has 4 aromatic rings. The lowest BCUT2D eigenvalue weighted by Gasteiger charge is -2.13. The highest BCUT2D eigenvalue weighted by Crippen LogP contribution is 2.38. The van der Waals surface area contributed by atoms with E-state index in [4.69, 9.17) is 20.8 Å². The van der Waals surface area contributed by atoms with Crippen molar-refractivity contribution in [3.8, 4) is 16.9 Å². The molecular formula is C23H14ClF3O3. The maximum atomic E-state index is 13.7. The number of alkyl halides is 3. The predicted octanol–water partition coefficient (Wildman–Crippen LogP) is 6.71. The van der Waals surface area contributed by atoms with Crippen molar-refractivity contribution >= 4 is 22.6 Å². The summed E-state index contributed by atoms with van der Waals surface area (Å²) in [5.41, 5.74) is -0.555. The summed E-state index contributed by atoms with van der Waals surface area (Å²) in [6.07, 6.45) is -4.86. The minimum Gasteiger partial charge on any atom is -0.489 e. The van der Waals surface area contributed by atoms with Crippen molar-refractivity contribution in [1.82, 2.24) is 0 Å². The first-order chi connectivity index (χ1) is 14.3. The minimum absolute atomic E-state index is 0.0278. The van der Waals surface area contributed by atoms with Gasteiger partial charge in [-0.2, -0.15) is 13.2 Å². The van der Waals surface area contributed by atoms with E-state index in [-0.39, 0.29) is 23.1 Å². The van der Waals surface area contributed by atoms with Gasteiger partial charge < -0.3 is 9.15 Å². The predicted molar refractivity (Wildman–Crippen MR) is 109 cm³/mol. The lowest BCUT2D eigenvalue weighted by Crippen LogP contribution is -2.16. The molecule has 0 aliphatic heterocycles. The van der Waals surface area contributed by atoms with E-state index in [1.807, 2.05) is 30.3 Å². The fourth-order valence-corrected chi connectivity index (χ4v) is 3.21. The van der Waals surface area contributed by atoms with E-state index in [9.17, 15) is 18.0 Å². The fraction of sp³-hybridized carbons (Fsp3) is 0.0870. The van der Waals surface area contributed by atoms with Crippen LogP contribution in [0.4, 0.5) is 13.2 Å². The fourth-order valence-electron chi connectivity index (χ4n) is 3.08. The summed E-state index contributed by atoms with van der Waals surface area (Å²) < 4.78 is 51.9. The molecule has 30 heavy (non-hydrogen) atoms. The Kier molecular flexibility index (Phi) is 5.26. The second kappa shape index (κ2) is 7.88. The van der Waals surface area contributed by atoms with Crippen LogP contribution in [0.1, 0.15) is 11.3 Å². The van der Waals surface area contributed by atoms with Crippen molar-refractivity contribution < 1.29 is 22.3 Å². The van der Waals surface area contributed by atoms with Crippen LogP contribution in [0.15, 0.2) is 82.0 Å². The third-order valence-corrected chi connectivity index (χ3v) is 4.75. The van der Waals surface area contributed by atoms with Crippen molar-refractivity contribution in [1.29, 1.82) is 0 Å². The molecule has 0 aliphatic carbocycles. The molecule has 0 saturated heterocycles. The highest BCUT2D eigenvalue weighted by Gasteiger charge is 2.39. The van der Waals surface area contributed by atoms with E-state index in [1.165, 1.54) is 42.5 Å². The molecule has 0 N–H and O–H groups in total. The van der Waals surface area contributed by atoms with Gasteiger partial charge in [0.25, 0.3) is 0 Å². The van der Waals surface area contributed by atoms with Gasteiger partial charge in [0.15, 0.2) is 0 Å². The molecule has 1 heterocycles. The molecule has 0 spiro atoms. The van der Waals surface area contributed by atoms with Crippen LogP contribution in [0.3, 0.4) is 0 Å². The maximum absolute atomic E-state index is 13.7. The molecular weight excluding hydrogens is 417 g/mol. The molecule has 0 aliphatic rings. The van der Waals surface area contributed by atoms with Gasteiger partial charge in [-0.25, -0.2) is 0 Å². The first kappa shape index (κ1) is 20.0. The zero-order valence-electron chi connectivity index (χ0n) is 15.4. The summed E-state index contributed by atoms with van der Waals surface area (Å²) in [6, 6.07) is 19.1. The minimum atomic E-state index is -4.86. The van der Waals surface area contributed by atoms with E-state index >= 15 is 0 Å². The molecule has 0 atom stereocenters. The van der Waals surface area contributed by atoms with Crippen LogP contribution in [-0.4, -0.2) is 0 Å². The summed E-state index contributed by atoms with van der Waals surface area (Å²) in [5.74, 6) is -1.07. The van der Waals surface area contributed by atoms with E-state index < -0.39 is 22.9 Å². The lowest BCUT2D eigenvalue weighted by molar-refractivity contribution is -0.152. The highest BCUT2D eigenvalue weighted by atomic mass is 35.5. The Labute approximate surface area is 174 Å². The van der Waals surface area contributed by atoms with Crippen molar-refractivity contribution in [3.63, 3.8) is 0 Å². The summed E-state index contributed by atoms with van der Waals surface area (Å²) in [5, 5.41) is 0.373. The molecule has 1 aromatic heterocycles. The topological polar surface area (TPSA) is 39.4 Å². The van der Waals surface area contributed by atoms with Crippen LogP contribution in [0, 0.1) is 0 Å². The van der Waals surface area contributed by atoms with E-state index in [0.717, 1.165) is 5.56 Å². The maximum Gasteiger partial charge on any atom is 0.450 e. The van der Waals surface area contributed by atoms with Crippen molar-refractivity contribution in [2.24, 2.45) is 0 Å². The van der Waals surface area contributed by atoms with E-state index in [0.29, 0.717) is 10.8 Å². The molecule has 0 fully saturated rings. The standard InChI is InChI=1S/C23H14ClF3O3/c24-16-8-6-15(7-9-16)20-21(28)18-11-10-17(29-13-14-4-2-1-3-5-14)12-19(18)30-22(20)23(25,26)27/h1-12H,13H2. The van der Waals surface area contributed by atoms with Gasteiger partial charge in [0.05, 0.1) is 10.9 Å². The first-order valence-corrected chi connectivity index (χ1v) is 9.31. The Balaban J connectivity index is 1.81. The van der Waals surface area contributed by atoms with Gasteiger partial charge in [0.1, 0.15) is 17.9 Å². The summed E-state index contributed by atoms with van der Waals surface area (Å²) in [4.78, 5) is 12.9. The van der Waals surface area contributed by atoms with Crippen LogP contribution in [0.2, 0.25) is 5.02 Å². The van der Waals surface area contributed by atoms with Gasteiger partial charge in [-0.1, -0.05) is 54.1 Å². The largest absolute Gasteiger partial charge is 0.489 e. The second-order valence-electron chi connectivity index (χ2n) is 6.57. The average molecular weight is 431 g/mol. The van der Waals surface area contributed by atoms with Crippen LogP contribution in [0.5, 0.6) is 5.75 Å². The van der Waals surface area contributed by atoms with Crippen molar-refractivity contribution in [3.05, 3.63) is 99.4 Å². The molecule has 3 aromatic carbocycles. The second-order valence-corrected chi connectivity index (χ2v) is 7.01. The number of ether oxygens (including phenoxy) is 1. The van der Waals surface area contributed by atoms with Crippen molar-refractivity contribution in [2.45, 2.75) is 12.8 Å². The van der Waals surface area contributed by atoms with Crippen LogP contribution in [0.25, 0.3) is 22.1 Å². The monoisotopic (exact) mass is 430 g/mol. The summed E-state index contributed by atoms with van der Waals surface area (Å²) in [6.45, 7) is 0.228. The van der Waals surface area contributed by atoms with Gasteiger partial charge in [-0.15, -0.1) is 0 Å². The first-order valence-electron chi connectivity index (χ1n) is 8.93. The van der Waals surface area contributed by atoms with Gasteiger partial charge >= 0.3 is 6.18 Å². The van der Waals surface area contributed by atoms with Crippen molar-refractivity contribution in [2.75, 3.05) is 0 Å². The number of hydrogen-bond acceptors (Lipinski definition) is 3. The van der Waals surface area contributed by atoms with E-state index in [2.05, 4.69) is 0 Å². The SMILES string of the molecule is O=c1c(-c2ccc(Cl)cc2)c(C(F)(F)F)oc2cc(OCc3ccccc3)ccc12. The molecule has 0 amide bonds. The zero-order valence-corrected chi connectivity index (χ0v) is 16.1. The smallest absolute Gasteiger partial charge is 0.450 e. The zero-order chi connectivity index (χ0) is 21.3. The van der Waals surface area contributed by atoms with Gasteiger partial charge in [0, 0.05) is 11.1 Å². The average Bonchev–Trinajstić information content (AvgIpc) is 2.73. The molecule has 3 nitrogen and oxygen atoms in total. The number of rotatable bonds is 4. The quantitative estimate of drug-likeness (QED) is 0.361. The Morgan fingerprint density at radius 1 is 0.933 bits per heavy atom. The summed E-state index contributed by atoms with van der Waals surface area (Å²) in [7, 11) is 0. The number of fused-ring (bicyclic) bond motifs is 1. The van der Waals surface area contributed by atoms with E-state index in [1.54, 1.807) is 0 Å². The molecule has 0 unspecified atom stereocenters. The number of benzene rings is 3. The highest BCUT2D eigenvalue weighted by molar-refractivity contribution is 6.30. The third kappa shape index (κ3) is 4.04. The Hall–Kier alpha value is -3.25. The van der Waals surface area contributed by atoms with Crippen LogP contribution >= 0.6 is 11.6 Å². The normalized spacial score (nSPS) is 11.6. The van der Waals surface area contributed by atoms with Crippen LogP contribution in [-0.2, 0) is 12.8 Å².